The van der Waals surface area contributed by atoms with Gasteiger partial charge in [-0.3, -0.25) is 9.59 Å². The maximum absolute atomic E-state index is 12.1. The molecule has 0 saturated carbocycles. The molecule has 0 radical (unpaired) electrons. The molecule has 5 nitrogen and oxygen atoms in total. The summed E-state index contributed by atoms with van der Waals surface area (Å²) >= 11 is 0. The third-order valence-electron chi connectivity index (χ3n) is 2.73. The van der Waals surface area contributed by atoms with Crippen LogP contribution in [0, 0.1) is 0 Å². The average molecular weight is 264 g/mol. The lowest BCUT2D eigenvalue weighted by molar-refractivity contribution is -0.136. The second-order valence-corrected chi connectivity index (χ2v) is 4.54. The van der Waals surface area contributed by atoms with Crippen LogP contribution in [0.25, 0.3) is 0 Å². The average Bonchev–Trinajstić information content (AvgIpc) is 2.37. The van der Waals surface area contributed by atoms with E-state index in [1.165, 1.54) is 4.90 Å². The molecule has 19 heavy (non-hydrogen) atoms. The maximum Gasteiger partial charge on any atom is 0.305 e. The molecule has 0 aromatic heterocycles. The van der Waals surface area contributed by atoms with Crippen LogP contribution < -0.4 is 10.6 Å². The summed E-state index contributed by atoms with van der Waals surface area (Å²) in [6.07, 6.45) is 0.847. The monoisotopic (exact) mass is 264 g/mol. The van der Waals surface area contributed by atoms with E-state index in [-0.39, 0.29) is 24.9 Å². The van der Waals surface area contributed by atoms with Crippen LogP contribution in [0.1, 0.15) is 26.2 Å². The van der Waals surface area contributed by atoms with Crippen molar-refractivity contribution < 1.29 is 14.7 Å². The molecule has 0 spiro atoms. The fourth-order valence-electron chi connectivity index (χ4n) is 1.70. The number of carboxylic acids is 1. The van der Waals surface area contributed by atoms with Crippen molar-refractivity contribution >= 4 is 17.6 Å². The molecule has 0 aliphatic rings. The first-order chi connectivity index (χ1) is 9.00. The summed E-state index contributed by atoms with van der Waals surface area (Å²) < 4.78 is 0. The Morgan fingerprint density at radius 1 is 1.26 bits per heavy atom. The number of amides is 1. The van der Waals surface area contributed by atoms with Gasteiger partial charge in [-0.2, -0.15) is 0 Å². The molecule has 1 rings (SSSR count). The highest BCUT2D eigenvalue weighted by molar-refractivity contribution is 5.93. The van der Waals surface area contributed by atoms with Gasteiger partial charge < -0.3 is 15.7 Å². The normalized spacial score (nSPS) is 11.9. The Balaban J connectivity index is 2.74. The number of para-hydroxylation sites is 1. The fourth-order valence-corrected chi connectivity index (χ4v) is 1.70. The minimum Gasteiger partial charge on any atom is -0.481 e. The van der Waals surface area contributed by atoms with Gasteiger partial charge in [-0.05, 0) is 25.5 Å². The molecule has 1 unspecified atom stereocenters. The van der Waals surface area contributed by atoms with Crippen molar-refractivity contribution in [2.24, 2.45) is 5.73 Å². The Labute approximate surface area is 113 Å². The first kappa shape index (κ1) is 15.2. The molecule has 104 valence electrons. The zero-order valence-electron chi connectivity index (χ0n) is 11.1. The van der Waals surface area contributed by atoms with Gasteiger partial charge in [0.25, 0.3) is 0 Å². The standard InChI is InChI=1S/C14H20N2O3/c1-11(15)7-8-13(17)16(10-9-14(18)19)12-5-3-2-4-6-12/h2-6,11H,7-10,15H2,1H3,(H,18,19). The zero-order valence-corrected chi connectivity index (χ0v) is 11.1. The number of rotatable bonds is 7. The largest absolute Gasteiger partial charge is 0.481 e. The molecule has 5 heteroatoms. The molecular weight excluding hydrogens is 244 g/mol. The number of benzene rings is 1. The molecule has 1 aromatic carbocycles. The highest BCUT2D eigenvalue weighted by Crippen LogP contribution is 2.15. The van der Waals surface area contributed by atoms with E-state index >= 15 is 0 Å². The minimum absolute atomic E-state index is 0.0407. The van der Waals surface area contributed by atoms with E-state index in [9.17, 15) is 9.59 Å². The molecule has 3 N–H and O–H groups in total. The lowest BCUT2D eigenvalue weighted by Crippen LogP contribution is -2.33. The van der Waals surface area contributed by atoms with Crippen LogP contribution in [0.5, 0.6) is 0 Å². The maximum atomic E-state index is 12.1. The second-order valence-electron chi connectivity index (χ2n) is 4.54. The Bertz CT molecular complexity index is 418. The predicted octanol–water partition coefficient (Wildman–Crippen LogP) is 1.62. The lowest BCUT2D eigenvalue weighted by Gasteiger charge is -2.22. The third kappa shape index (κ3) is 5.52. The number of carboxylic acid groups (broad SMARTS) is 1. The molecular formula is C14H20N2O3. The molecule has 0 saturated heterocycles. The summed E-state index contributed by atoms with van der Waals surface area (Å²) in [5, 5.41) is 8.75. The van der Waals surface area contributed by atoms with Crippen LogP contribution >= 0.6 is 0 Å². The van der Waals surface area contributed by atoms with Crippen LogP contribution in [0.15, 0.2) is 30.3 Å². The van der Waals surface area contributed by atoms with E-state index in [0.29, 0.717) is 12.8 Å². The second kappa shape index (κ2) is 7.53. The van der Waals surface area contributed by atoms with Gasteiger partial charge in [-0.1, -0.05) is 18.2 Å². The van der Waals surface area contributed by atoms with Crippen LogP contribution in [0.4, 0.5) is 5.69 Å². The summed E-state index contributed by atoms with van der Waals surface area (Å²) in [7, 11) is 0. The Kier molecular flexibility index (Phi) is 6.02. The number of carbonyl (C=O) groups is 2. The molecule has 0 bridgehead atoms. The van der Waals surface area contributed by atoms with E-state index in [1.54, 1.807) is 12.1 Å². The molecule has 1 amide bonds. The van der Waals surface area contributed by atoms with Crippen molar-refractivity contribution in [2.45, 2.75) is 32.2 Å². The molecule has 1 atom stereocenters. The molecule has 0 fully saturated rings. The Morgan fingerprint density at radius 2 is 1.89 bits per heavy atom. The van der Waals surface area contributed by atoms with Gasteiger partial charge in [0.1, 0.15) is 0 Å². The van der Waals surface area contributed by atoms with Gasteiger partial charge in [0.05, 0.1) is 6.42 Å². The molecule has 0 aliphatic carbocycles. The number of hydrogen-bond donors (Lipinski definition) is 2. The first-order valence-corrected chi connectivity index (χ1v) is 6.33. The van der Waals surface area contributed by atoms with Crippen LogP contribution in [-0.4, -0.2) is 29.6 Å². The van der Waals surface area contributed by atoms with E-state index in [0.717, 1.165) is 5.69 Å². The quantitative estimate of drug-likeness (QED) is 0.784. The lowest BCUT2D eigenvalue weighted by atomic mass is 10.1. The van der Waals surface area contributed by atoms with E-state index < -0.39 is 5.97 Å². The van der Waals surface area contributed by atoms with E-state index in [1.807, 2.05) is 25.1 Å². The topological polar surface area (TPSA) is 83.6 Å². The summed E-state index contributed by atoms with van der Waals surface area (Å²) in [6, 6.07) is 9.05. The van der Waals surface area contributed by atoms with Gasteiger partial charge in [-0.25, -0.2) is 0 Å². The first-order valence-electron chi connectivity index (χ1n) is 6.33. The summed E-state index contributed by atoms with van der Waals surface area (Å²) in [4.78, 5) is 24.3. The summed E-state index contributed by atoms with van der Waals surface area (Å²) in [5.74, 6) is -1.01. The van der Waals surface area contributed by atoms with Crippen molar-refractivity contribution in [1.29, 1.82) is 0 Å². The SMILES string of the molecule is CC(N)CCC(=O)N(CCC(=O)O)c1ccccc1. The summed E-state index contributed by atoms with van der Waals surface area (Å²) in [6.45, 7) is 2.02. The summed E-state index contributed by atoms with van der Waals surface area (Å²) in [5.41, 5.74) is 6.36. The number of nitrogens with two attached hydrogens (primary N) is 1. The Morgan fingerprint density at radius 3 is 2.42 bits per heavy atom. The van der Waals surface area contributed by atoms with Crippen LogP contribution in [-0.2, 0) is 9.59 Å². The fraction of sp³-hybridized carbons (Fsp3) is 0.429. The van der Waals surface area contributed by atoms with Crippen molar-refractivity contribution in [3.8, 4) is 0 Å². The number of nitrogens with zero attached hydrogens (tertiary/aromatic N) is 1. The number of aliphatic carboxylic acids is 1. The van der Waals surface area contributed by atoms with Gasteiger partial charge >= 0.3 is 5.97 Å². The highest BCUT2D eigenvalue weighted by Gasteiger charge is 2.16. The van der Waals surface area contributed by atoms with Crippen molar-refractivity contribution in [3.05, 3.63) is 30.3 Å². The number of hydrogen-bond acceptors (Lipinski definition) is 3. The molecule has 0 aliphatic heterocycles. The van der Waals surface area contributed by atoms with Crippen LogP contribution in [0.2, 0.25) is 0 Å². The van der Waals surface area contributed by atoms with E-state index in [4.69, 9.17) is 10.8 Å². The third-order valence-corrected chi connectivity index (χ3v) is 2.73. The molecule has 0 heterocycles. The number of anilines is 1. The van der Waals surface area contributed by atoms with Crippen molar-refractivity contribution in [3.63, 3.8) is 0 Å². The number of carbonyl (C=O) groups excluding carboxylic acids is 1. The van der Waals surface area contributed by atoms with Gasteiger partial charge in [0.15, 0.2) is 0 Å². The van der Waals surface area contributed by atoms with Crippen molar-refractivity contribution in [1.82, 2.24) is 0 Å². The smallest absolute Gasteiger partial charge is 0.305 e. The zero-order chi connectivity index (χ0) is 14.3. The van der Waals surface area contributed by atoms with Gasteiger partial charge in [0.2, 0.25) is 5.91 Å². The van der Waals surface area contributed by atoms with Gasteiger partial charge in [0, 0.05) is 24.7 Å². The van der Waals surface area contributed by atoms with Crippen LogP contribution in [0.3, 0.4) is 0 Å². The van der Waals surface area contributed by atoms with Gasteiger partial charge in [-0.15, -0.1) is 0 Å². The Hall–Kier alpha value is -1.88. The highest BCUT2D eigenvalue weighted by atomic mass is 16.4. The van der Waals surface area contributed by atoms with E-state index in [2.05, 4.69) is 0 Å². The minimum atomic E-state index is -0.916. The molecule has 1 aromatic rings. The predicted molar refractivity (Wildman–Crippen MR) is 73.9 cm³/mol. The van der Waals surface area contributed by atoms with Crippen molar-refractivity contribution in [2.75, 3.05) is 11.4 Å².